The van der Waals surface area contributed by atoms with E-state index in [0.717, 1.165) is 16.9 Å². The fourth-order valence-electron chi connectivity index (χ4n) is 6.78. The molecular weight excluding hydrogens is 550 g/mol. The molecule has 5 heterocycles. The molecule has 0 bridgehead atoms. The molecule has 0 saturated carbocycles. The van der Waals surface area contributed by atoms with E-state index in [2.05, 4.69) is 35.1 Å². The topological polar surface area (TPSA) is 227 Å². The van der Waals surface area contributed by atoms with E-state index in [1.165, 1.54) is 9.80 Å². The van der Waals surface area contributed by atoms with E-state index in [0.29, 0.717) is 12.4 Å². The second-order valence-corrected chi connectivity index (χ2v) is 11.9. The lowest BCUT2D eigenvalue weighted by Crippen LogP contribution is -2.81. The molecule has 2 unspecified atom stereocenters. The van der Waals surface area contributed by atoms with Gasteiger partial charge in [0.05, 0.1) is 37.4 Å². The Bertz CT molecular complexity index is 1380. The number of nitrogens with zero attached hydrogens (tertiary/aromatic N) is 3. The lowest BCUT2D eigenvalue weighted by molar-refractivity contribution is -0.232. The van der Waals surface area contributed by atoms with Crippen LogP contribution in [0.25, 0.3) is 0 Å². The van der Waals surface area contributed by atoms with Crippen molar-refractivity contribution < 1.29 is 34.4 Å². The number of ether oxygens (including phenoxy) is 1. The fraction of sp³-hybridized carbons (Fsp3) is 0.577. The summed E-state index contributed by atoms with van der Waals surface area (Å²) >= 11 is 0. The molecular formula is C26H35N9O7. The third-order valence-corrected chi connectivity index (χ3v) is 9.04. The van der Waals surface area contributed by atoms with Crippen molar-refractivity contribution in [3.63, 3.8) is 0 Å². The number of carbonyl (C=O) groups is 3. The highest BCUT2D eigenvalue weighted by atomic mass is 16.5. The fourth-order valence-corrected chi connectivity index (χ4v) is 6.78. The zero-order valence-electron chi connectivity index (χ0n) is 23.2. The lowest BCUT2D eigenvalue weighted by atomic mass is 9.79. The number of fused-ring (bicyclic) bond motifs is 1. The summed E-state index contributed by atoms with van der Waals surface area (Å²) in [4.78, 5) is 42.5. The van der Waals surface area contributed by atoms with Crippen LogP contribution in [0.1, 0.15) is 36.2 Å². The van der Waals surface area contributed by atoms with E-state index in [1.54, 1.807) is 12.1 Å². The summed E-state index contributed by atoms with van der Waals surface area (Å²) < 4.78 is 5.87. The van der Waals surface area contributed by atoms with Crippen LogP contribution in [-0.4, -0.2) is 129 Å². The summed E-state index contributed by atoms with van der Waals surface area (Å²) in [5, 5.41) is 60.9. The number of hydrogen-bond acceptors (Lipinski definition) is 9. The van der Waals surface area contributed by atoms with E-state index in [1.807, 2.05) is 6.07 Å². The average molecular weight is 586 g/mol. The molecule has 9 N–H and O–H groups in total. The van der Waals surface area contributed by atoms with Crippen molar-refractivity contribution in [2.75, 3.05) is 39.4 Å². The Morgan fingerprint density at radius 2 is 1.98 bits per heavy atom. The van der Waals surface area contributed by atoms with Crippen molar-refractivity contribution in [3.8, 4) is 5.75 Å². The highest BCUT2D eigenvalue weighted by molar-refractivity contribution is 6.02. The van der Waals surface area contributed by atoms with Gasteiger partial charge in [-0.3, -0.25) is 25.3 Å². The average Bonchev–Trinajstić information content (AvgIpc) is 3.49. The number of β-amino-alcohol motifs (C(OH)–C–C–N with tert-alkyl or cyclic N) is 1. The van der Waals surface area contributed by atoms with Crippen molar-refractivity contribution in [1.29, 1.82) is 10.8 Å². The largest absolute Gasteiger partial charge is 0.492 e. The number of imide groups is 1. The molecule has 1 spiro atoms. The molecule has 0 aromatic heterocycles. The van der Waals surface area contributed by atoms with Crippen LogP contribution in [0, 0.1) is 10.8 Å². The highest BCUT2D eigenvalue weighted by Crippen LogP contribution is 2.44. The molecule has 1 aromatic rings. The Balaban J connectivity index is 1.28. The summed E-state index contributed by atoms with van der Waals surface area (Å²) in [5.74, 6) is -3.91. The van der Waals surface area contributed by atoms with Gasteiger partial charge in [-0.25, -0.2) is 4.79 Å². The van der Waals surface area contributed by atoms with Gasteiger partial charge in [0.2, 0.25) is 11.7 Å². The SMILES string of the molecule is CC1(C)CCOc2c(C(=O)N[C@H]3CN4C(=N)N[C@@H](CN5C(=O)CN(CCO)C5=O)C5NC(=N)NC54C3(O)O)cccc21. The van der Waals surface area contributed by atoms with Crippen LogP contribution in [0.5, 0.6) is 5.75 Å². The van der Waals surface area contributed by atoms with Crippen molar-refractivity contribution in [1.82, 2.24) is 36.0 Å². The van der Waals surface area contributed by atoms with Crippen molar-refractivity contribution in [3.05, 3.63) is 29.3 Å². The molecule has 1 aromatic carbocycles. The summed E-state index contributed by atoms with van der Waals surface area (Å²) in [6.45, 7) is 3.55. The third kappa shape index (κ3) is 3.89. The maximum Gasteiger partial charge on any atom is 0.327 e. The number of hydrogen-bond donors (Lipinski definition) is 9. The van der Waals surface area contributed by atoms with E-state index >= 15 is 0 Å². The van der Waals surface area contributed by atoms with Gasteiger partial charge < -0.3 is 51.1 Å². The van der Waals surface area contributed by atoms with Crippen LogP contribution in [-0.2, 0) is 10.2 Å². The maximum absolute atomic E-state index is 13.6. The van der Waals surface area contributed by atoms with Gasteiger partial charge in [0, 0.05) is 18.7 Å². The first-order valence-electron chi connectivity index (χ1n) is 13.8. The van der Waals surface area contributed by atoms with E-state index in [-0.39, 0.29) is 55.7 Å². The van der Waals surface area contributed by atoms with Crippen molar-refractivity contribution >= 4 is 29.8 Å². The molecule has 226 valence electrons. The number of nitrogens with one attached hydrogen (secondary N) is 6. The van der Waals surface area contributed by atoms with Gasteiger partial charge in [0.15, 0.2) is 17.6 Å². The number of aliphatic hydroxyl groups excluding tert-OH is 1. The number of rotatable bonds is 6. The molecule has 16 nitrogen and oxygen atoms in total. The van der Waals surface area contributed by atoms with Crippen LogP contribution < -0.4 is 26.0 Å². The maximum atomic E-state index is 13.6. The van der Waals surface area contributed by atoms with Crippen LogP contribution in [0.2, 0.25) is 0 Å². The number of carbonyl (C=O) groups excluding carboxylic acids is 3. The predicted molar refractivity (Wildman–Crippen MR) is 146 cm³/mol. The van der Waals surface area contributed by atoms with Gasteiger partial charge in [-0.1, -0.05) is 26.0 Å². The van der Waals surface area contributed by atoms with Crippen LogP contribution >= 0.6 is 0 Å². The third-order valence-electron chi connectivity index (χ3n) is 9.04. The molecule has 0 radical (unpaired) electrons. The van der Waals surface area contributed by atoms with Gasteiger partial charge in [-0.05, 0) is 17.9 Å². The van der Waals surface area contributed by atoms with E-state index in [9.17, 15) is 29.7 Å². The molecule has 4 amide bonds. The summed E-state index contributed by atoms with van der Waals surface area (Å²) in [5.41, 5.74) is -1.01. The number of urea groups is 1. The molecule has 5 aliphatic rings. The molecule has 4 fully saturated rings. The summed E-state index contributed by atoms with van der Waals surface area (Å²) in [6, 6.07) is 1.36. The first-order chi connectivity index (χ1) is 19.8. The molecule has 42 heavy (non-hydrogen) atoms. The molecule has 4 saturated heterocycles. The first-order valence-corrected chi connectivity index (χ1v) is 13.8. The van der Waals surface area contributed by atoms with Gasteiger partial charge in [0.1, 0.15) is 18.3 Å². The van der Waals surface area contributed by atoms with Gasteiger partial charge >= 0.3 is 6.03 Å². The summed E-state index contributed by atoms with van der Waals surface area (Å²) in [6.07, 6.45) is 0.776. The first kappa shape index (κ1) is 28.0. The Kier molecular flexibility index (Phi) is 6.29. The summed E-state index contributed by atoms with van der Waals surface area (Å²) in [7, 11) is 0. The Hall–Kier alpha value is -4.15. The van der Waals surface area contributed by atoms with Crippen LogP contribution in [0.3, 0.4) is 0 Å². The zero-order chi connectivity index (χ0) is 30.2. The number of aliphatic hydroxyl groups is 3. The van der Waals surface area contributed by atoms with Gasteiger partial charge in [0.25, 0.3) is 5.91 Å². The minimum Gasteiger partial charge on any atom is -0.492 e. The van der Waals surface area contributed by atoms with Crippen LogP contribution in [0.15, 0.2) is 18.2 Å². The molecule has 16 heteroatoms. The second kappa shape index (κ2) is 9.43. The standard InChI is InChI=1S/C26H35N9O7/c1-24(2)6-9-42-18-13(4-3-5-14(18)24)20(38)30-16-11-35-22(28)29-15(10-34-17(37)12-33(7-8-36)23(34)39)19-25(35,26(16,40)41)32-21(27)31-19/h3-5,15-16,19,36,40-41H,6-12H2,1-2H3,(H2,28,29)(H,30,38)(H3,27,31,32)/t15-,16-,19?,25?/m0/s1. The smallest absolute Gasteiger partial charge is 0.327 e. The van der Waals surface area contributed by atoms with E-state index < -0.39 is 47.4 Å². The molecule has 5 aliphatic heterocycles. The van der Waals surface area contributed by atoms with E-state index in [4.69, 9.17) is 15.6 Å². The minimum atomic E-state index is -2.73. The Morgan fingerprint density at radius 3 is 2.71 bits per heavy atom. The van der Waals surface area contributed by atoms with Crippen molar-refractivity contribution in [2.24, 2.45) is 0 Å². The molecule has 0 aliphatic carbocycles. The Morgan fingerprint density at radius 1 is 1.21 bits per heavy atom. The second-order valence-electron chi connectivity index (χ2n) is 11.9. The lowest BCUT2D eigenvalue weighted by Gasteiger charge is -2.51. The quantitative estimate of drug-likeness (QED) is 0.122. The van der Waals surface area contributed by atoms with Gasteiger partial charge in [-0.2, -0.15) is 0 Å². The normalized spacial score (nSPS) is 30.6. The molecule has 4 atom stereocenters. The van der Waals surface area contributed by atoms with Crippen LogP contribution in [0.4, 0.5) is 4.79 Å². The minimum absolute atomic E-state index is 0.0223. The van der Waals surface area contributed by atoms with Gasteiger partial charge in [-0.15, -0.1) is 0 Å². The predicted octanol–water partition coefficient (Wildman–Crippen LogP) is -2.80. The number of para-hydroxylation sites is 1. The zero-order valence-corrected chi connectivity index (χ0v) is 23.2. The monoisotopic (exact) mass is 585 g/mol. The van der Waals surface area contributed by atoms with Crippen molar-refractivity contribution in [2.45, 2.75) is 55.3 Å². The Labute approximate surface area is 241 Å². The number of benzene rings is 1. The number of amides is 4. The molecule has 6 rings (SSSR count). The number of guanidine groups is 2. The highest BCUT2D eigenvalue weighted by Gasteiger charge is 2.74.